The average Bonchev–Trinajstić information content (AvgIpc) is 3.03. The minimum atomic E-state index is -5.08. The van der Waals surface area contributed by atoms with Crippen LogP contribution in [0.4, 0.5) is 23.2 Å². The maximum absolute atomic E-state index is 14.5. The molecule has 1 unspecified atom stereocenters. The lowest BCUT2D eigenvalue weighted by molar-refractivity contribution is -0.192. The summed E-state index contributed by atoms with van der Waals surface area (Å²) in [6.07, 6.45) is -4.57. The van der Waals surface area contributed by atoms with Crippen LogP contribution in [0.25, 0.3) is 0 Å². The summed E-state index contributed by atoms with van der Waals surface area (Å²) in [4.78, 5) is 48.3. The third-order valence-corrected chi connectivity index (χ3v) is 5.29. The molecule has 0 saturated carbocycles. The fraction of sp³-hybridized carbons (Fsp3) is 0.474. The number of benzene rings is 1. The van der Waals surface area contributed by atoms with E-state index in [1.54, 1.807) is 6.07 Å². The molecule has 0 aliphatic carbocycles. The maximum Gasteiger partial charge on any atom is 0.490 e. The van der Waals surface area contributed by atoms with Gasteiger partial charge in [-0.15, -0.1) is 0 Å². The second-order valence-electron chi connectivity index (χ2n) is 7.40. The molecular weight excluding hydrogens is 440 g/mol. The number of aliphatic carboxylic acids is 1. The van der Waals surface area contributed by atoms with Crippen LogP contribution in [0.1, 0.15) is 28.8 Å². The van der Waals surface area contributed by atoms with Crippen molar-refractivity contribution >= 4 is 29.4 Å². The van der Waals surface area contributed by atoms with Gasteiger partial charge in [0, 0.05) is 44.7 Å². The van der Waals surface area contributed by atoms with Crippen LogP contribution in [0.5, 0.6) is 0 Å². The maximum atomic E-state index is 14.5. The van der Waals surface area contributed by atoms with E-state index in [9.17, 15) is 31.9 Å². The molecule has 32 heavy (non-hydrogen) atoms. The summed E-state index contributed by atoms with van der Waals surface area (Å²) >= 11 is 0. The van der Waals surface area contributed by atoms with Gasteiger partial charge in [-0.05, 0) is 24.1 Å². The van der Waals surface area contributed by atoms with Crippen LogP contribution >= 0.6 is 0 Å². The van der Waals surface area contributed by atoms with Gasteiger partial charge >= 0.3 is 12.1 Å². The van der Waals surface area contributed by atoms with Crippen molar-refractivity contribution in [3.63, 3.8) is 0 Å². The highest BCUT2D eigenvalue weighted by Gasteiger charge is 2.40. The second kappa shape index (κ2) is 9.10. The van der Waals surface area contributed by atoms with Crippen LogP contribution in [0.3, 0.4) is 0 Å². The number of anilines is 1. The van der Waals surface area contributed by atoms with E-state index in [4.69, 9.17) is 9.90 Å². The number of piperazine rings is 1. The fourth-order valence-electron chi connectivity index (χ4n) is 3.72. The molecule has 4 rings (SSSR count). The lowest BCUT2D eigenvalue weighted by atomic mass is 10.0. The number of alkyl halides is 3. The molecule has 1 aromatic rings. The van der Waals surface area contributed by atoms with Gasteiger partial charge in [0.15, 0.2) is 0 Å². The number of hydrogen-bond donors (Lipinski definition) is 3. The summed E-state index contributed by atoms with van der Waals surface area (Å²) < 4.78 is 46.3. The molecule has 0 bridgehead atoms. The Morgan fingerprint density at radius 2 is 1.75 bits per heavy atom. The highest BCUT2D eigenvalue weighted by atomic mass is 19.4. The first-order valence-electron chi connectivity index (χ1n) is 9.72. The van der Waals surface area contributed by atoms with Gasteiger partial charge < -0.3 is 20.2 Å². The number of nitrogens with one attached hydrogen (secondary N) is 2. The number of fused-ring (bicyclic) bond motifs is 1. The van der Waals surface area contributed by atoms with Crippen LogP contribution in [0, 0.1) is 5.82 Å². The van der Waals surface area contributed by atoms with E-state index in [0.717, 1.165) is 18.7 Å². The van der Waals surface area contributed by atoms with E-state index < -0.39 is 29.9 Å². The molecule has 13 heteroatoms. The smallest absolute Gasteiger partial charge is 0.475 e. The molecule has 3 heterocycles. The van der Waals surface area contributed by atoms with E-state index in [1.807, 2.05) is 4.90 Å². The third-order valence-electron chi connectivity index (χ3n) is 5.29. The van der Waals surface area contributed by atoms with Crippen molar-refractivity contribution in [1.82, 2.24) is 15.5 Å². The molecule has 3 aliphatic heterocycles. The zero-order valence-corrected chi connectivity index (χ0v) is 16.7. The summed E-state index contributed by atoms with van der Waals surface area (Å²) in [5.74, 6) is -4.31. The fourth-order valence-corrected chi connectivity index (χ4v) is 3.72. The number of carbonyl (C=O) groups excluding carboxylic acids is 3. The van der Waals surface area contributed by atoms with Crippen LogP contribution < -0.4 is 15.5 Å². The first-order valence-corrected chi connectivity index (χ1v) is 9.72. The number of rotatable bonds is 2. The van der Waals surface area contributed by atoms with Crippen molar-refractivity contribution in [2.45, 2.75) is 31.6 Å². The molecule has 3 N–H and O–H groups in total. The number of carboxylic acid groups (broad SMARTS) is 1. The lowest BCUT2D eigenvalue weighted by Gasteiger charge is -2.30. The minimum Gasteiger partial charge on any atom is -0.475 e. The molecule has 174 valence electrons. The molecule has 0 spiro atoms. The Morgan fingerprint density at radius 1 is 1.12 bits per heavy atom. The van der Waals surface area contributed by atoms with Crippen LogP contribution in [0.15, 0.2) is 12.1 Å². The van der Waals surface area contributed by atoms with E-state index in [2.05, 4.69) is 10.6 Å². The van der Waals surface area contributed by atoms with Gasteiger partial charge in [-0.3, -0.25) is 19.7 Å². The standard InChI is InChI=1S/C17H19FN4O3.C2HF3O2/c18-12-8-11-10(7-14(12)21-5-3-19-4-6-21)9-22(17(11)25)13-1-2-15(23)20-16(13)24;3-2(4,5)1(6)7/h7-8,13,19H,1-6,9H2,(H,20,23,24);(H,6,7). The Balaban J connectivity index is 0.000000360. The normalized spacial score (nSPS) is 21.0. The largest absolute Gasteiger partial charge is 0.490 e. The molecular formula is C19H20F4N4O5. The average molecular weight is 460 g/mol. The van der Waals surface area contributed by atoms with Crippen molar-refractivity contribution < 1.29 is 41.8 Å². The van der Waals surface area contributed by atoms with E-state index >= 15 is 0 Å². The van der Waals surface area contributed by atoms with Crippen molar-refractivity contribution in [3.05, 3.63) is 29.1 Å². The number of amides is 3. The summed E-state index contributed by atoms with van der Waals surface area (Å²) in [7, 11) is 0. The van der Waals surface area contributed by atoms with Crippen LogP contribution in [0.2, 0.25) is 0 Å². The molecule has 3 amide bonds. The molecule has 0 aromatic heterocycles. The van der Waals surface area contributed by atoms with Crippen LogP contribution in [-0.4, -0.2) is 72.1 Å². The Bertz CT molecular complexity index is 946. The van der Waals surface area contributed by atoms with E-state index in [0.29, 0.717) is 30.8 Å². The summed E-state index contributed by atoms with van der Waals surface area (Å²) in [5.41, 5.74) is 1.53. The SMILES string of the molecule is O=C(O)C(F)(F)F.O=C1CCC(N2Cc3cc(N4CCNCC4)c(F)cc3C2=O)C(=O)N1. The summed E-state index contributed by atoms with van der Waals surface area (Å²) in [5, 5.41) is 12.6. The van der Waals surface area contributed by atoms with E-state index in [1.165, 1.54) is 11.0 Å². The quantitative estimate of drug-likeness (QED) is 0.438. The summed E-state index contributed by atoms with van der Waals surface area (Å²) in [6.45, 7) is 3.26. The lowest BCUT2D eigenvalue weighted by Crippen LogP contribution is -2.52. The van der Waals surface area contributed by atoms with Gasteiger partial charge in [0.25, 0.3) is 5.91 Å². The highest BCUT2D eigenvalue weighted by Crippen LogP contribution is 2.32. The first-order chi connectivity index (χ1) is 15.0. The van der Waals surface area contributed by atoms with Crippen molar-refractivity contribution in [1.29, 1.82) is 0 Å². The molecule has 0 radical (unpaired) electrons. The zero-order valence-electron chi connectivity index (χ0n) is 16.7. The monoisotopic (exact) mass is 460 g/mol. The predicted octanol–water partition coefficient (Wildman–Crippen LogP) is 0.630. The summed E-state index contributed by atoms with van der Waals surface area (Å²) in [6, 6.07) is 2.32. The second-order valence-corrected chi connectivity index (χ2v) is 7.40. The van der Waals surface area contributed by atoms with Gasteiger partial charge in [-0.2, -0.15) is 13.2 Å². The number of halogens is 4. The Labute approximate surface area is 179 Å². The molecule has 3 aliphatic rings. The van der Waals surface area contributed by atoms with Crippen LogP contribution in [-0.2, 0) is 20.9 Å². The van der Waals surface area contributed by atoms with Gasteiger partial charge in [0.1, 0.15) is 11.9 Å². The van der Waals surface area contributed by atoms with Crippen molar-refractivity contribution in [2.75, 3.05) is 31.1 Å². The van der Waals surface area contributed by atoms with Crippen molar-refractivity contribution in [3.8, 4) is 0 Å². The molecule has 2 fully saturated rings. The third kappa shape index (κ3) is 4.98. The zero-order chi connectivity index (χ0) is 23.6. The highest BCUT2D eigenvalue weighted by molar-refractivity contribution is 6.05. The van der Waals surface area contributed by atoms with Gasteiger partial charge in [-0.25, -0.2) is 9.18 Å². The topological polar surface area (TPSA) is 119 Å². The molecule has 1 atom stereocenters. The van der Waals surface area contributed by atoms with E-state index in [-0.39, 0.29) is 24.8 Å². The number of carbonyl (C=O) groups is 4. The number of nitrogens with zero attached hydrogens (tertiary/aromatic N) is 2. The molecule has 2 saturated heterocycles. The predicted molar refractivity (Wildman–Crippen MR) is 101 cm³/mol. The number of imide groups is 1. The Kier molecular flexibility index (Phi) is 6.67. The first kappa shape index (κ1) is 23.4. The van der Waals surface area contributed by atoms with Gasteiger partial charge in [-0.1, -0.05) is 0 Å². The number of piperidine rings is 1. The van der Waals surface area contributed by atoms with Crippen molar-refractivity contribution in [2.24, 2.45) is 0 Å². The van der Waals surface area contributed by atoms with Gasteiger partial charge in [0.2, 0.25) is 11.8 Å². The minimum absolute atomic E-state index is 0.205. The number of hydrogen-bond acceptors (Lipinski definition) is 6. The van der Waals surface area contributed by atoms with Gasteiger partial charge in [0.05, 0.1) is 5.69 Å². The Hall–Kier alpha value is -3.22. The Morgan fingerprint density at radius 3 is 2.31 bits per heavy atom. The molecule has 9 nitrogen and oxygen atoms in total. The molecule has 1 aromatic carbocycles. The number of carboxylic acids is 1.